The molecule has 0 unspecified atom stereocenters. The van der Waals surface area contributed by atoms with Gasteiger partial charge in [0.1, 0.15) is 11.2 Å². The van der Waals surface area contributed by atoms with E-state index in [1.165, 1.54) is 0 Å². The van der Waals surface area contributed by atoms with Gasteiger partial charge >= 0.3 is 0 Å². The molecule has 0 atom stereocenters. The van der Waals surface area contributed by atoms with Gasteiger partial charge in [-0.25, -0.2) is 15.0 Å². The summed E-state index contributed by atoms with van der Waals surface area (Å²) in [4.78, 5) is 15.7. The number of hydrogen-bond acceptors (Lipinski definition) is 4. The topological polar surface area (TPSA) is 61.7 Å². The monoisotopic (exact) mass is 959 g/mol. The molecule has 0 aliphatic heterocycles. The summed E-state index contributed by atoms with van der Waals surface area (Å²) < 4.78 is 12.1. The Morgan fingerprint density at radius 1 is 0.360 bits per heavy atom. The molecule has 6 nitrogen and oxygen atoms in total. The van der Waals surface area contributed by atoms with Gasteiger partial charge in [0.2, 0.25) is 0 Å². The molecule has 0 radical (unpaired) electrons. The molecule has 0 aliphatic carbocycles. The Balaban J connectivity index is 1.03. The molecule has 4 heterocycles. The summed E-state index contributed by atoms with van der Waals surface area (Å²) in [5, 5.41) is 6.55. The molecule has 6 heteroatoms. The minimum atomic E-state index is 0.567. The number of hydrogen-bond donors (Lipinski definition) is 0. The van der Waals surface area contributed by atoms with Crippen molar-refractivity contribution in [3.05, 3.63) is 267 Å². The van der Waals surface area contributed by atoms with Crippen LogP contribution in [-0.4, -0.2) is 24.1 Å². The fourth-order valence-corrected chi connectivity index (χ4v) is 11.0. The minimum absolute atomic E-state index is 0.567. The third kappa shape index (κ3) is 7.38. The van der Waals surface area contributed by atoms with E-state index < -0.39 is 0 Å². The van der Waals surface area contributed by atoms with Gasteiger partial charge in [0, 0.05) is 49.5 Å². The molecule has 0 fully saturated rings. The average molecular weight is 960 g/mol. The molecule has 10 aromatic carbocycles. The predicted octanol–water partition coefficient (Wildman–Crippen LogP) is 18.1. The summed E-state index contributed by atoms with van der Waals surface area (Å²) in [6.07, 6.45) is 9.99. The molecule has 0 spiro atoms. The molecule has 0 aliphatic rings. The summed E-state index contributed by atoms with van der Waals surface area (Å²) in [5.74, 6) is 1.75. The number of aromatic nitrogens is 5. The zero-order chi connectivity index (χ0) is 49.8. The van der Waals surface area contributed by atoms with E-state index in [9.17, 15) is 0 Å². The number of furan rings is 1. The highest BCUT2D eigenvalue weighted by atomic mass is 16.3. The highest BCUT2D eigenvalue weighted by Gasteiger charge is 2.25. The maximum Gasteiger partial charge on any atom is 0.164 e. The fourth-order valence-electron chi connectivity index (χ4n) is 11.0. The summed E-state index contributed by atoms with van der Waals surface area (Å²) >= 11 is 0. The van der Waals surface area contributed by atoms with Crippen LogP contribution in [0.3, 0.4) is 0 Å². The maximum absolute atomic E-state index is 7.35. The third-order valence-corrected chi connectivity index (χ3v) is 14.3. The fraction of sp³-hybridized carbons (Fsp3) is 0. The van der Waals surface area contributed by atoms with Crippen LogP contribution in [0, 0.1) is 0 Å². The van der Waals surface area contributed by atoms with Gasteiger partial charge in [-0.15, -0.1) is 0 Å². The predicted molar refractivity (Wildman–Crippen MR) is 311 cm³/mol. The second-order valence-corrected chi connectivity index (χ2v) is 18.7. The molecule has 14 rings (SSSR count). The van der Waals surface area contributed by atoms with Gasteiger partial charge in [-0.2, -0.15) is 0 Å². The molecule has 0 bridgehead atoms. The molecule has 0 saturated heterocycles. The number of rotatable bonds is 10. The number of para-hydroxylation sites is 3. The van der Waals surface area contributed by atoms with Crippen LogP contribution < -0.4 is 0 Å². The van der Waals surface area contributed by atoms with Crippen molar-refractivity contribution in [3.8, 4) is 67.8 Å². The first-order valence-corrected chi connectivity index (χ1v) is 25.2. The normalized spacial score (nSPS) is 11.9. The third-order valence-electron chi connectivity index (χ3n) is 14.3. The molecule has 75 heavy (non-hydrogen) atoms. The lowest BCUT2D eigenvalue weighted by molar-refractivity contribution is 0.677. The lowest BCUT2D eigenvalue weighted by Gasteiger charge is -2.19. The van der Waals surface area contributed by atoms with Crippen molar-refractivity contribution in [1.82, 2.24) is 24.1 Å². The highest BCUT2D eigenvalue weighted by molar-refractivity contribution is 6.29. The molecular weight excluding hydrogens is 915 g/mol. The van der Waals surface area contributed by atoms with Gasteiger partial charge < -0.3 is 13.6 Å². The standard InChI is InChI=1S/C69H45N5O/c1-2-3-4-9-28-50-43-51(69-71-67(48-26-14-7-15-27-48)70-68(72-69)49-37-35-46(36-38-49)45-22-10-5-11-23-45)44-57(47-24-12-6-13-25-47)64(50)74-59-34-21-19-32-56(59)63-61(74)42-40-54-53-39-41-60-62(65(53)75-66(54)63)55-31-18-20-33-58(55)73(60)52-29-16-8-17-30-52/h2-44H,1H2/b4-3-,28-9+. The van der Waals surface area contributed by atoms with E-state index in [-0.39, 0.29) is 0 Å². The van der Waals surface area contributed by atoms with Crippen molar-refractivity contribution in [2.24, 2.45) is 0 Å². The summed E-state index contributed by atoms with van der Waals surface area (Å²) in [6.45, 7) is 3.96. The molecule has 4 aromatic heterocycles. The largest absolute Gasteiger partial charge is 0.455 e. The van der Waals surface area contributed by atoms with Crippen LogP contribution in [0.4, 0.5) is 0 Å². The second kappa shape index (κ2) is 18.1. The van der Waals surface area contributed by atoms with Crippen molar-refractivity contribution in [3.63, 3.8) is 0 Å². The Morgan fingerprint density at radius 3 is 1.43 bits per heavy atom. The molecule has 0 amide bonds. The van der Waals surface area contributed by atoms with Crippen LogP contribution in [0.5, 0.6) is 0 Å². The number of benzene rings is 10. The summed E-state index contributed by atoms with van der Waals surface area (Å²) in [6, 6.07) is 81.0. The quantitative estimate of drug-likeness (QED) is 0.128. The first kappa shape index (κ1) is 43.6. The lowest BCUT2D eigenvalue weighted by atomic mass is 9.95. The Bertz CT molecular complexity index is 4570. The van der Waals surface area contributed by atoms with Crippen LogP contribution in [0.2, 0.25) is 0 Å². The molecule has 0 saturated carbocycles. The molecule has 352 valence electrons. The van der Waals surface area contributed by atoms with E-state index in [1.807, 2.05) is 48.6 Å². The SMILES string of the molecule is C=C/C=C\C=C\c1cc(-c2nc(-c3ccccc3)nc(-c3ccc(-c4ccccc4)cc3)n2)cc(-c2ccccc2)c1-n1c2ccccc2c2c3oc4c(ccc5c4c4ccccc4n5-c4ccccc4)c3ccc21. The van der Waals surface area contributed by atoms with Crippen molar-refractivity contribution >= 4 is 71.6 Å². The summed E-state index contributed by atoms with van der Waals surface area (Å²) in [5.41, 5.74) is 16.1. The Kier molecular flexibility index (Phi) is 10.6. The van der Waals surface area contributed by atoms with Crippen LogP contribution >= 0.6 is 0 Å². The van der Waals surface area contributed by atoms with Crippen LogP contribution in [0.1, 0.15) is 5.56 Å². The van der Waals surface area contributed by atoms with Crippen LogP contribution in [-0.2, 0) is 0 Å². The van der Waals surface area contributed by atoms with Crippen molar-refractivity contribution in [2.45, 2.75) is 0 Å². The molecule has 14 aromatic rings. The smallest absolute Gasteiger partial charge is 0.164 e. The van der Waals surface area contributed by atoms with Gasteiger partial charge in [0.15, 0.2) is 17.5 Å². The van der Waals surface area contributed by atoms with E-state index in [4.69, 9.17) is 19.4 Å². The number of nitrogens with zero attached hydrogens (tertiary/aromatic N) is 5. The lowest BCUT2D eigenvalue weighted by Crippen LogP contribution is -2.04. The highest BCUT2D eigenvalue weighted by Crippen LogP contribution is 2.47. The van der Waals surface area contributed by atoms with Gasteiger partial charge in [-0.05, 0) is 82.9 Å². The maximum atomic E-state index is 7.35. The van der Waals surface area contributed by atoms with E-state index in [1.54, 1.807) is 6.08 Å². The zero-order valence-corrected chi connectivity index (χ0v) is 40.7. The van der Waals surface area contributed by atoms with Crippen LogP contribution in [0.15, 0.2) is 266 Å². The molecular formula is C69H45N5O. The van der Waals surface area contributed by atoms with Crippen molar-refractivity contribution < 1.29 is 4.42 Å². The van der Waals surface area contributed by atoms with E-state index in [0.29, 0.717) is 17.5 Å². The van der Waals surface area contributed by atoms with Gasteiger partial charge in [-0.1, -0.05) is 207 Å². The van der Waals surface area contributed by atoms with E-state index >= 15 is 0 Å². The Labute approximate surface area is 432 Å². The van der Waals surface area contributed by atoms with Crippen molar-refractivity contribution in [1.29, 1.82) is 0 Å². The van der Waals surface area contributed by atoms with Crippen LogP contribution in [0.25, 0.3) is 139 Å². The minimum Gasteiger partial charge on any atom is -0.455 e. The number of fused-ring (bicyclic) bond motifs is 11. The Hall–Kier alpha value is -10.2. The van der Waals surface area contributed by atoms with E-state index in [2.05, 4.69) is 222 Å². The van der Waals surface area contributed by atoms with Gasteiger partial charge in [0.25, 0.3) is 0 Å². The molecule has 0 N–H and O–H groups in total. The Morgan fingerprint density at radius 2 is 0.827 bits per heavy atom. The number of allylic oxidation sites excluding steroid dienone is 4. The van der Waals surface area contributed by atoms with Gasteiger partial charge in [-0.3, -0.25) is 0 Å². The average Bonchev–Trinajstić information content (AvgIpc) is 4.25. The first-order valence-electron chi connectivity index (χ1n) is 25.2. The van der Waals surface area contributed by atoms with E-state index in [0.717, 1.165) is 121 Å². The first-order chi connectivity index (χ1) is 37.2. The van der Waals surface area contributed by atoms with Crippen molar-refractivity contribution in [2.75, 3.05) is 0 Å². The summed E-state index contributed by atoms with van der Waals surface area (Å²) in [7, 11) is 0. The van der Waals surface area contributed by atoms with Gasteiger partial charge in [0.05, 0.1) is 38.5 Å². The zero-order valence-electron chi connectivity index (χ0n) is 40.7. The second-order valence-electron chi connectivity index (χ2n) is 18.7.